The Kier molecular flexibility index (Phi) is 4.96. The van der Waals surface area contributed by atoms with Crippen molar-refractivity contribution in [3.05, 3.63) is 75.6 Å². The molecule has 0 radical (unpaired) electrons. The molecule has 2 heterocycles. The fourth-order valence-corrected chi connectivity index (χ4v) is 4.69. The van der Waals surface area contributed by atoms with Crippen LogP contribution in [-0.4, -0.2) is 23.3 Å². The van der Waals surface area contributed by atoms with E-state index >= 15 is 0 Å². The number of halogens is 2. The predicted octanol–water partition coefficient (Wildman–Crippen LogP) is 5.25. The summed E-state index contributed by atoms with van der Waals surface area (Å²) in [5.74, 6) is 0.784. The molecule has 1 fully saturated rings. The molecule has 4 rings (SSSR count). The van der Waals surface area contributed by atoms with Crippen LogP contribution in [0.25, 0.3) is 0 Å². The topological polar surface area (TPSA) is 40.7 Å². The van der Waals surface area contributed by atoms with Crippen molar-refractivity contribution in [3.63, 3.8) is 0 Å². The summed E-state index contributed by atoms with van der Waals surface area (Å²) in [5.41, 5.74) is 3.88. The zero-order valence-electron chi connectivity index (χ0n) is 14.8. The van der Waals surface area contributed by atoms with Gasteiger partial charge in [0.25, 0.3) is 0 Å². The maximum Gasteiger partial charge on any atom is 0.0595 e. The molecule has 2 aliphatic rings. The maximum absolute atomic E-state index is 6.36. The van der Waals surface area contributed by atoms with Gasteiger partial charge in [0.2, 0.25) is 0 Å². The van der Waals surface area contributed by atoms with Crippen molar-refractivity contribution < 1.29 is 0 Å². The second-order valence-corrected chi connectivity index (χ2v) is 8.17. The van der Waals surface area contributed by atoms with Gasteiger partial charge >= 0.3 is 0 Å². The minimum Gasteiger partial charge on any atom is -0.317 e. The van der Waals surface area contributed by atoms with Crippen LogP contribution in [0, 0.1) is 5.92 Å². The van der Waals surface area contributed by atoms with Crippen LogP contribution in [0.1, 0.15) is 36.8 Å². The number of nitrogens with one attached hydrogen (secondary N) is 2. The molecule has 1 aliphatic heterocycles. The highest BCUT2D eigenvalue weighted by Crippen LogP contribution is 2.46. The smallest absolute Gasteiger partial charge is 0.0595 e. The summed E-state index contributed by atoms with van der Waals surface area (Å²) >= 11 is 12.5. The molecule has 0 saturated carbocycles. The van der Waals surface area contributed by atoms with E-state index in [1.165, 1.54) is 16.7 Å². The van der Waals surface area contributed by atoms with Crippen LogP contribution in [0.2, 0.25) is 10.0 Å². The second kappa shape index (κ2) is 7.22. The first kappa shape index (κ1) is 17.8. The van der Waals surface area contributed by atoms with Crippen molar-refractivity contribution in [1.82, 2.24) is 15.5 Å². The van der Waals surface area contributed by atoms with Crippen molar-refractivity contribution >= 4 is 23.2 Å². The highest BCUT2D eigenvalue weighted by molar-refractivity contribution is 6.42. The molecule has 5 heteroatoms. The Bertz CT molecular complexity index is 833. The van der Waals surface area contributed by atoms with E-state index < -0.39 is 0 Å². The number of hydrogen-bond donors (Lipinski definition) is 2. The number of aromatic amines is 1. The van der Waals surface area contributed by atoms with Crippen molar-refractivity contribution in [1.29, 1.82) is 0 Å². The number of benzene rings is 1. The standard InChI is InChI=1S/C21H23Cl2N3/c1-14-10-16(2-4-18(14)15-12-25-26-13-15)21(6-8-24-9-7-21)17-3-5-19(22)20(23)11-17/h2-5,10-14,18,24H,6-9H2,1H3,(H,25,26). The molecule has 0 spiro atoms. The van der Waals surface area contributed by atoms with E-state index in [9.17, 15) is 0 Å². The van der Waals surface area contributed by atoms with E-state index in [2.05, 4.69) is 52.8 Å². The molecule has 136 valence electrons. The molecular formula is C21H23Cl2N3. The van der Waals surface area contributed by atoms with Gasteiger partial charge in [-0.05, 0) is 60.7 Å². The number of rotatable bonds is 3. The maximum atomic E-state index is 6.36. The number of H-pyrrole nitrogens is 1. The summed E-state index contributed by atoms with van der Waals surface area (Å²) in [4.78, 5) is 0. The number of nitrogens with zero attached hydrogens (tertiary/aromatic N) is 1. The lowest BCUT2D eigenvalue weighted by Gasteiger charge is -2.41. The van der Waals surface area contributed by atoms with Crippen LogP contribution >= 0.6 is 23.2 Å². The Hall–Kier alpha value is -1.55. The number of aromatic nitrogens is 2. The zero-order valence-corrected chi connectivity index (χ0v) is 16.3. The monoisotopic (exact) mass is 387 g/mol. The highest BCUT2D eigenvalue weighted by atomic mass is 35.5. The molecule has 1 saturated heterocycles. The average Bonchev–Trinajstić information content (AvgIpc) is 3.19. The van der Waals surface area contributed by atoms with Crippen LogP contribution in [0.4, 0.5) is 0 Å². The molecule has 0 bridgehead atoms. The van der Waals surface area contributed by atoms with Gasteiger partial charge in [-0.2, -0.15) is 5.10 Å². The third-order valence-electron chi connectivity index (χ3n) is 5.88. The van der Waals surface area contributed by atoms with E-state index in [1.54, 1.807) is 0 Å². The van der Waals surface area contributed by atoms with Crippen molar-refractivity contribution in [2.24, 2.45) is 5.92 Å². The van der Waals surface area contributed by atoms with Gasteiger partial charge < -0.3 is 5.32 Å². The van der Waals surface area contributed by atoms with Crippen LogP contribution in [0.5, 0.6) is 0 Å². The molecule has 0 amide bonds. The molecule has 26 heavy (non-hydrogen) atoms. The lowest BCUT2D eigenvalue weighted by atomic mass is 9.65. The van der Waals surface area contributed by atoms with E-state index in [4.69, 9.17) is 23.2 Å². The Balaban J connectivity index is 1.72. The molecule has 1 aromatic carbocycles. The fourth-order valence-electron chi connectivity index (χ4n) is 4.39. The molecule has 2 aromatic rings. The molecule has 1 aromatic heterocycles. The van der Waals surface area contributed by atoms with Gasteiger partial charge in [-0.15, -0.1) is 0 Å². The summed E-state index contributed by atoms with van der Waals surface area (Å²) in [6.45, 7) is 4.29. The van der Waals surface area contributed by atoms with Crippen molar-refractivity contribution in [2.75, 3.05) is 13.1 Å². The van der Waals surface area contributed by atoms with E-state index in [0.29, 0.717) is 21.9 Å². The quantitative estimate of drug-likeness (QED) is 0.754. The van der Waals surface area contributed by atoms with Crippen LogP contribution in [-0.2, 0) is 5.41 Å². The van der Waals surface area contributed by atoms with E-state index in [1.807, 2.05) is 18.5 Å². The lowest BCUT2D eigenvalue weighted by Crippen LogP contribution is -2.41. The second-order valence-electron chi connectivity index (χ2n) is 7.36. The Morgan fingerprint density at radius 1 is 1.15 bits per heavy atom. The molecule has 2 unspecified atom stereocenters. The molecular weight excluding hydrogens is 365 g/mol. The predicted molar refractivity (Wildman–Crippen MR) is 108 cm³/mol. The first-order valence-corrected chi connectivity index (χ1v) is 9.91. The summed E-state index contributed by atoms with van der Waals surface area (Å²) in [5, 5.41) is 11.8. The molecule has 3 nitrogen and oxygen atoms in total. The van der Waals surface area contributed by atoms with E-state index in [-0.39, 0.29) is 5.41 Å². The van der Waals surface area contributed by atoms with Gasteiger partial charge in [0, 0.05) is 17.5 Å². The van der Waals surface area contributed by atoms with Crippen molar-refractivity contribution in [2.45, 2.75) is 31.1 Å². The van der Waals surface area contributed by atoms with Gasteiger partial charge in [0.15, 0.2) is 0 Å². The first-order valence-electron chi connectivity index (χ1n) is 9.15. The molecule has 2 atom stereocenters. The van der Waals surface area contributed by atoms with Crippen LogP contribution in [0.15, 0.2) is 54.4 Å². The Morgan fingerprint density at radius 2 is 1.96 bits per heavy atom. The van der Waals surface area contributed by atoms with E-state index in [0.717, 1.165) is 25.9 Å². The largest absolute Gasteiger partial charge is 0.317 e. The third kappa shape index (κ3) is 3.13. The zero-order chi connectivity index (χ0) is 18.1. The van der Waals surface area contributed by atoms with Crippen molar-refractivity contribution in [3.8, 4) is 0 Å². The normalized spacial score (nSPS) is 25.1. The highest BCUT2D eigenvalue weighted by Gasteiger charge is 2.38. The summed E-state index contributed by atoms with van der Waals surface area (Å²) in [6.07, 6.45) is 13.1. The number of piperidine rings is 1. The van der Waals surface area contributed by atoms with Gasteiger partial charge in [0.1, 0.15) is 0 Å². The number of hydrogen-bond acceptors (Lipinski definition) is 2. The van der Waals surface area contributed by atoms with Gasteiger partial charge in [0.05, 0.1) is 16.2 Å². The average molecular weight is 388 g/mol. The number of allylic oxidation sites excluding steroid dienone is 4. The first-order chi connectivity index (χ1) is 12.6. The summed E-state index contributed by atoms with van der Waals surface area (Å²) in [6, 6.07) is 6.12. The molecule has 2 N–H and O–H groups in total. The van der Waals surface area contributed by atoms with Crippen LogP contribution < -0.4 is 5.32 Å². The summed E-state index contributed by atoms with van der Waals surface area (Å²) < 4.78 is 0. The Labute approximate surface area is 164 Å². The fraction of sp³-hybridized carbons (Fsp3) is 0.381. The van der Waals surface area contributed by atoms with Gasteiger partial charge in [-0.1, -0.05) is 54.4 Å². The Morgan fingerprint density at radius 3 is 2.62 bits per heavy atom. The minimum atomic E-state index is -0.00833. The summed E-state index contributed by atoms with van der Waals surface area (Å²) in [7, 11) is 0. The molecule has 1 aliphatic carbocycles. The SMILES string of the molecule is CC1C=C(C2(c3ccc(Cl)c(Cl)c3)CCNCC2)C=CC1c1cn[nH]c1. The van der Waals surface area contributed by atoms with Gasteiger partial charge in [-0.25, -0.2) is 0 Å². The van der Waals surface area contributed by atoms with Gasteiger partial charge in [-0.3, -0.25) is 5.10 Å². The minimum absolute atomic E-state index is 0.00833. The lowest BCUT2D eigenvalue weighted by molar-refractivity contribution is 0.357. The van der Waals surface area contributed by atoms with Crippen LogP contribution in [0.3, 0.4) is 0 Å². The third-order valence-corrected chi connectivity index (χ3v) is 6.62.